The predicted molar refractivity (Wildman–Crippen MR) is 109 cm³/mol. The molecule has 0 aromatic heterocycles. The summed E-state index contributed by atoms with van der Waals surface area (Å²) in [5.74, 6) is -0.445. The second kappa shape index (κ2) is 8.80. The Hall–Kier alpha value is -2.99. The standard InChI is InChI=1S/C22H26N2O4/c1-5-15-23-22(20(25)28-21(2,3)4,16-17-9-7-6-8-10-17)18-11-13-19(14-12-18)24(26)27/h5-14,23H,1,15-16H2,2-4H3/t22-/m1/s1. The molecule has 0 aliphatic rings. The molecule has 1 N–H and O–H groups in total. The highest BCUT2D eigenvalue weighted by Gasteiger charge is 2.43. The van der Waals surface area contributed by atoms with Gasteiger partial charge in [0, 0.05) is 25.1 Å². The molecular weight excluding hydrogens is 356 g/mol. The van der Waals surface area contributed by atoms with E-state index >= 15 is 0 Å². The molecule has 0 aliphatic heterocycles. The highest BCUT2D eigenvalue weighted by Crippen LogP contribution is 2.31. The first kappa shape index (κ1) is 21.3. The van der Waals surface area contributed by atoms with Gasteiger partial charge in [-0.05, 0) is 44.0 Å². The first-order chi connectivity index (χ1) is 13.2. The fourth-order valence-electron chi connectivity index (χ4n) is 2.91. The van der Waals surface area contributed by atoms with E-state index in [1.807, 2.05) is 51.1 Å². The normalized spacial score (nSPS) is 13.4. The molecule has 2 aromatic rings. The molecule has 148 valence electrons. The van der Waals surface area contributed by atoms with Crippen molar-refractivity contribution in [3.8, 4) is 0 Å². The van der Waals surface area contributed by atoms with Gasteiger partial charge in [-0.1, -0.05) is 36.4 Å². The zero-order chi connectivity index (χ0) is 20.8. The third-order valence-electron chi connectivity index (χ3n) is 4.18. The van der Waals surface area contributed by atoms with Gasteiger partial charge in [0.15, 0.2) is 0 Å². The lowest BCUT2D eigenvalue weighted by Crippen LogP contribution is -2.53. The van der Waals surface area contributed by atoms with E-state index in [2.05, 4.69) is 11.9 Å². The largest absolute Gasteiger partial charge is 0.458 e. The number of ether oxygens (including phenoxy) is 1. The van der Waals surface area contributed by atoms with Gasteiger partial charge in [-0.3, -0.25) is 15.4 Å². The van der Waals surface area contributed by atoms with Crippen LogP contribution >= 0.6 is 0 Å². The molecule has 0 saturated heterocycles. The second-order valence-corrected chi connectivity index (χ2v) is 7.54. The molecule has 0 spiro atoms. The SMILES string of the molecule is C=CCN[C@@](Cc1ccccc1)(C(=O)OC(C)(C)C)c1ccc([N+](=O)[O-])cc1. The molecule has 2 aromatic carbocycles. The van der Waals surface area contributed by atoms with Crippen molar-refractivity contribution >= 4 is 11.7 Å². The van der Waals surface area contributed by atoms with E-state index in [1.54, 1.807) is 18.2 Å². The van der Waals surface area contributed by atoms with Crippen LogP contribution in [0.15, 0.2) is 67.3 Å². The maximum Gasteiger partial charge on any atom is 0.331 e. The summed E-state index contributed by atoms with van der Waals surface area (Å²) in [6.45, 7) is 9.52. The van der Waals surface area contributed by atoms with Gasteiger partial charge in [0.05, 0.1) is 4.92 Å². The zero-order valence-corrected chi connectivity index (χ0v) is 16.5. The number of nitrogens with zero attached hydrogens (tertiary/aromatic N) is 1. The van der Waals surface area contributed by atoms with Gasteiger partial charge in [0.2, 0.25) is 0 Å². The van der Waals surface area contributed by atoms with Crippen LogP contribution in [0.5, 0.6) is 0 Å². The zero-order valence-electron chi connectivity index (χ0n) is 16.5. The number of nitro groups is 1. The molecule has 0 amide bonds. The van der Waals surface area contributed by atoms with Crippen molar-refractivity contribution in [1.82, 2.24) is 5.32 Å². The van der Waals surface area contributed by atoms with Crippen LogP contribution in [0.4, 0.5) is 5.69 Å². The summed E-state index contributed by atoms with van der Waals surface area (Å²) in [5, 5.41) is 14.3. The average molecular weight is 382 g/mol. The van der Waals surface area contributed by atoms with E-state index < -0.39 is 22.0 Å². The Bertz CT molecular complexity index is 826. The molecule has 2 rings (SSSR count). The van der Waals surface area contributed by atoms with Gasteiger partial charge in [-0.2, -0.15) is 0 Å². The maximum absolute atomic E-state index is 13.4. The molecule has 0 unspecified atom stereocenters. The van der Waals surface area contributed by atoms with Crippen LogP contribution in [0.1, 0.15) is 31.9 Å². The number of esters is 1. The van der Waals surface area contributed by atoms with E-state index in [-0.39, 0.29) is 5.69 Å². The summed E-state index contributed by atoms with van der Waals surface area (Å²) in [6, 6.07) is 15.6. The van der Waals surface area contributed by atoms with Crippen LogP contribution in [0.2, 0.25) is 0 Å². The Balaban J connectivity index is 2.58. The van der Waals surface area contributed by atoms with Crippen LogP contribution in [-0.2, 0) is 21.5 Å². The Morgan fingerprint density at radius 3 is 2.25 bits per heavy atom. The minimum absolute atomic E-state index is 0.0368. The molecule has 0 aliphatic carbocycles. The minimum Gasteiger partial charge on any atom is -0.458 e. The minimum atomic E-state index is -1.21. The van der Waals surface area contributed by atoms with E-state index in [4.69, 9.17) is 4.74 Å². The van der Waals surface area contributed by atoms with Crippen molar-refractivity contribution < 1.29 is 14.5 Å². The van der Waals surface area contributed by atoms with Gasteiger partial charge in [0.25, 0.3) is 5.69 Å². The summed E-state index contributed by atoms with van der Waals surface area (Å²) in [4.78, 5) is 23.9. The molecule has 0 saturated carbocycles. The lowest BCUT2D eigenvalue weighted by Gasteiger charge is -2.36. The molecule has 6 heteroatoms. The molecule has 0 heterocycles. The van der Waals surface area contributed by atoms with Gasteiger partial charge in [-0.15, -0.1) is 6.58 Å². The molecule has 6 nitrogen and oxygen atoms in total. The Morgan fingerprint density at radius 1 is 1.14 bits per heavy atom. The lowest BCUT2D eigenvalue weighted by atomic mass is 9.83. The average Bonchev–Trinajstić information content (AvgIpc) is 2.64. The van der Waals surface area contributed by atoms with Gasteiger partial charge >= 0.3 is 5.97 Å². The lowest BCUT2D eigenvalue weighted by molar-refractivity contribution is -0.384. The first-order valence-corrected chi connectivity index (χ1v) is 9.06. The molecule has 0 radical (unpaired) electrons. The summed E-state index contributed by atoms with van der Waals surface area (Å²) in [6.07, 6.45) is 1.99. The highest BCUT2D eigenvalue weighted by atomic mass is 16.6. The van der Waals surface area contributed by atoms with Crippen LogP contribution in [0, 0.1) is 10.1 Å². The Kier molecular flexibility index (Phi) is 6.70. The molecule has 28 heavy (non-hydrogen) atoms. The van der Waals surface area contributed by atoms with Gasteiger partial charge in [-0.25, -0.2) is 4.79 Å². The number of carbonyl (C=O) groups excluding carboxylic acids is 1. The predicted octanol–water partition coefficient (Wildman–Crippen LogP) is 4.15. The van der Waals surface area contributed by atoms with Crippen molar-refractivity contribution in [2.75, 3.05) is 6.54 Å². The molecule has 0 bridgehead atoms. The first-order valence-electron chi connectivity index (χ1n) is 9.06. The smallest absolute Gasteiger partial charge is 0.331 e. The van der Waals surface area contributed by atoms with Crippen LogP contribution < -0.4 is 5.32 Å². The summed E-state index contributed by atoms with van der Waals surface area (Å²) < 4.78 is 5.73. The van der Waals surface area contributed by atoms with Crippen molar-refractivity contribution in [3.05, 3.63) is 88.5 Å². The monoisotopic (exact) mass is 382 g/mol. The van der Waals surface area contributed by atoms with E-state index in [0.29, 0.717) is 18.5 Å². The Labute approximate surface area is 165 Å². The third-order valence-corrected chi connectivity index (χ3v) is 4.18. The molecule has 0 fully saturated rings. The topological polar surface area (TPSA) is 81.5 Å². The number of nitrogens with one attached hydrogen (secondary N) is 1. The highest BCUT2D eigenvalue weighted by molar-refractivity contribution is 5.83. The number of nitro benzene ring substituents is 1. The van der Waals surface area contributed by atoms with Crippen LogP contribution in [0.25, 0.3) is 0 Å². The number of benzene rings is 2. The van der Waals surface area contributed by atoms with Crippen LogP contribution in [0.3, 0.4) is 0 Å². The van der Waals surface area contributed by atoms with Crippen LogP contribution in [-0.4, -0.2) is 23.0 Å². The number of hydrogen-bond donors (Lipinski definition) is 1. The van der Waals surface area contributed by atoms with E-state index in [9.17, 15) is 14.9 Å². The summed E-state index contributed by atoms with van der Waals surface area (Å²) in [7, 11) is 0. The quantitative estimate of drug-likeness (QED) is 0.321. The Morgan fingerprint density at radius 2 is 1.75 bits per heavy atom. The second-order valence-electron chi connectivity index (χ2n) is 7.54. The fourth-order valence-corrected chi connectivity index (χ4v) is 2.91. The number of hydrogen-bond acceptors (Lipinski definition) is 5. The molecular formula is C22H26N2O4. The molecule has 1 atom stereocenters. The van der Waals surface area contributed by atoms with Crippen molar-refractivity contribution in [3.63, 3.8) is 0 Å². The number of carbonyl (C=O) groups is 1. The van der Waals surface area contributed by atoms with Crippen molar-refractivity contribution in [2.45, 2.75) is 38.3 Å². The maximum atomic E-state index is 13.4. The number of non-ortho nitro benzene ring substituents is 1. The third kappa shape index (κ3) is 5.27. The number of rotatable bonds is 8. The van der Waals surface area contributed by atoms with Gasteiger partial charge < -0.3 is 4.74 Å². The summed E-state index contributed by atoms with van der Waals surface area (Å²) in [5.41, 5.74) is -0.403. The van der Waals surface area contributed by atoms with E-state index in [0.717, 1.165) is 5.56 Å². The van der Waals surface area contributed by atoms with E-state index in [1.165, 1.54) is 12.1 Å². The van der Waals surface area contributed by atoms with Crippen molar-refractivity contribution in [2.24, 2.45) is 0 Å². The fraction of sp³-hybridized carbons (Fsp3) is 0.318. The summed E-state index contributed by atoms with van der Waals surface area (Å²) >= 11 is 0. The van der Waals surface area contributed by atoms with Crippen molar-refractivity contribution in [1.29, 1.82) is 0 Å². The van der Waals surface area contributed by atoms with Gasteiger partial charge in [0.1, 0.15) is 11.1 Å².